The first kappa shape index (κ1) is 14.1. The quantitative estimate of drug-likeness (QED) is 0.870. The molecule has 1 amide bonds. The minimum Gasteiger partial charge on any atom is -0.488 e. The molecule has 0 radical (unpaired) electrons. The van der Waals surface area contributed by atoms with Crippen LogP contribution in [0.1, 0.15) is 22.3 Å². The van der Waals surface area contributed by atoms with Gasteiger partial charge in [0.25, 0.3) is 5.91 Å². The number of hydrogen-bond acceptors (Lipinski definition) is 4. The van der Waals surface area contributed by atoms with Gasteiger partial charge in [-0.2, -0.15) is 5.26 Å². The van der Waals surface area contributed by atoms with Crippen LogP contribution in [-0.2, 0) is 0 Å². The Morgan fingerprint density at radius 1 is 1.23 bits per heavy atom. The summed E-state index contributed by atoms with van der Waals surface area (Å²) in [5.41, 5.74) is 1.15. The van der Waals surface area contributed by atoms with Gasteiger partial charge in [0, 0.05) is 30.9 Å². The second kappa shape index (κ2) is 6.27. The zero-order valence-electron chi connectivity index (χ0n) is 12.0. The molecule has 0 spiro atoms. The summed E-state index contributed by atoms with van der Waals surface area (Å²) in [6.45, 7) is 1.25. The topological polar surface area (TPSA) is 66.2 Å². The van der Waals surface area contributed by atoms with Gasteiger partial charge in [0.1, 0.15) is 11.9 Å². The van der Waals surface area contributed by atoms with E-state index in [4.69, 9.17) is 10.00 Å². The third kappa shape index (κ3) is 3.07. The molecule has 0 unspecified atom stereocenters. The smallest absolute Gasteiger partial charge is 0.253 e. The van der Waals surface area contributed by atoms with Gasteiger partial charge in [0.2, 0.25) is 0 Å². The van der Waals surface area contributed by atoms with Crippen molar-refractivity contribution in [3.8, 4) is 11.8 Å². The number of carbonyl (C=O) groups excluding carboxylic acids is 1. The monoisotopic (exact) mass is 293 g/mol. The van der Waals surface area contributed by atoms with Crippen LogP contribution >= 0.6 is 0 Å². The fourth-order valence-electron chi connectivity index (χ4n) is 2.49. The number of rotatable bonds is 3. The third-order valence-corrected chi connectivity index (χ3v) is 3.65. The minimum absolute atomic E-state index is 0.00438. The van der Waals surface area contributed by atoms with Crippen molar-refractivity contribution in [2.45, 2.75) is 12.5 Å². The average molecular weight is 293 g/mol. The van der Waals surface area contributed by atoms with Crippen LogP contribution in [0, 0.1) is 11.3 Å². The van der Waals surface area contributed by atoms with E-state index in [2.05, 4.69) is 4.98 Å². The summed E-state index contributed by atoms with van der Waals surface area (Å²) in [5, 5.41) is 8.79. The number of benzene rings is 1. The van der Waals surface area contributed by atoms with Crippen LogP contribution in [0.25, 0.3) is 0 Å². The number of hydrogen-bond donors (Lipinski definition) is 0. The average Bonchev–Trinajstić information content (AvgIpc) is 3.04. The number of likely N-dealkylation sites (tertiary alicyclic amines) is 1. The molecule has 0 N–H and O–H groups in total. The van der Waals surface area contributed by atoms with Crippen molar-refractivity contribution in [1.29, 1.82) is 5.26 Å². The molecule has 1 aliphatic rings. The Kier molecular flexibility index (Phi) is 4.01. The summed E-state index contributed by atoms with van der Waals surface area (Å²) >= 11 is 0. The van der Waals surface area contributed by atoms with Gasteiger partial charge in [-0.1, -0.05) is 0 Å². The SMILES string of the molecule is N#Cc1ccc(C(=O)N2CC[C@H](Oc3ccncc3)C2)cc1. The summed E-state index contributed by atoms with van der Waals surface area (Å²) < 4.78 is 5.85. The molecule has 2 heterocycles. The molecule has 1 atom stereocenters. The third-order valence-electron chi connectivity index (χ3n) is 3.65. The first-order valence-corrected chi connectivity index (χ1v) is 7.12. The van der Waals surface area contributed by atoms with E-state index in [-0.39, 0.29) is 12.0 Å². The summed E-state index contributed by atoms with van der Waals surface area (Å²) in [6.07, 6.45) is 4.18. The molecule has 110 valence electrons. The van der Waals surface area contributed by atoms with Crippen molar-refractivity contribution < 1.29 is 9.53 Å². The van der Waals surface area contributed by atoms with Crippen LogP contribution < -0.4 is 4.74 Å². The standard InChI is InChI=1S/C17H15N3O2/c18-11-13-1-3-14(4-2-13)17(21)20-10-7-16(12-20)22-15-5-8-19-9-6-15/h1-6,8-9,16H,7,10,12H2/t16-/m0/s1. The van der Waals surface area contributed by atoms with Gasteiger partial charge in [-0.25, -0.2) is 0 Å². The van der Waals surface area contributed by atoms with E-state index in [1.807, 2.05) is 18.2 Å². The van der Waals surface area contributed by atoms with E-state index in [9.17, 15) is 4.79 Å². The van der Waals surface area contributed by atoms with Crippen LogP contribution in [-0.4, -0.2) is 35.0 Å². The highest BCUT2D eigenvalue weighted by Crippen LogP contribution is 2.19. The Morgan fingerprint density at radius 3 is 2.64 bits per heavy atom. The fraction of sp³-hybridized carbons (Fsp3) is 0.235. The fourth-order valence-corrected chi connectivity index (χ4v) is 2.49. The van der Waals surface area contributed by atoms with Crippen molar-refractivity contribution in [3.63, 3.8) is 0 Å². The highest BCUT2D eigenvalue weighted by atomic mass is 16.5. The van der Waals surface area contributed by atoms with Crippen molar-refractivity contribution in [1.82, 2.24) is 9.88 Å². The highest BCUT2D eigenvalue weighted by molar-refractivity contribution is 5.94. The Labute approximate surface area is 128 Å². The maximum atomic E-state index is 12.4. The molecule has 5 heteroatoms. The number of nitrogens with zero attached hydrogens (tertiary/aromatic N) is 3. The maximum Gasteiger partial charge on any atom is 0.253 e. The largest absolute Gasteiger partial charge is 0.488 e. The van der Waals surface area contributed by atoms with Gasteiger partial charge in [0.15, 0.2) is 0 Å². The predicted molar refractivity (Wildman–Crippen MR) is 80.3 cm³/mol. The van der Waals surface area contributed by atoms with E-state index < -0.39 is 0 Å². The number of ether oxygens (including phenoxy) is 1. The molecule has 0 bridgehead atoms. The number of amides is 1. The number of pyridine rings is 1. The van der Waals surface area contributed by atoms with Gasteiger partial charge >= 0.3 is 0 Å². The molecule has 1 saturated heterocycles. The Hall–Kier alpha value is -2.87. The van der Waals surface area contributed by atoms with Crippen LogP contribution in [0.5, 0.6) is 5.75 Å². The van der Waals surface area contributed by atoms with Gasteiger partial charge in [-0.3, -0.25) is 9.78 Å². The number of carbonyl (C=O) groups is 1. The molecular formula is C17H15N3O2. The summed E-state index contributed by atoms with van der Waals surface area (Å²) in [6, 6.07) is 12.4. The normalized spacial score (nSPS) is 17.0. The Morgan fingerprint density at radius 2 is 1.95 bits per heavy atom. The molecule has 22 heavy (non-hydrogen) atoms. The van der Waals surface area contributed by atoms with Crippen LogP contribution in [0.4, 0.5) is 0 Å². The van der Waals surface area contributed by atoms with Gasteiger partial charge in [-0.05, 0) is 36.4 Å². The Balaban J connectivity index is 1.62. The van der Waals surface area contributed by atoms with Crippen molar-refractivity contribution in [2.24, 2.45) is 0 Å². The van der Waals surface area contributed by atoms with Gasteiger partial charge in [0.05, 0.1) is 18.2 Å². The molecule has 0 aliphatic carbocycles. The maximum absolute atomic E-state index is 12.4. The zero-order valence-corrected chi connectivity index (χ0v) is 12.0. The minimum atomic E-state index is -0.0229. The lowest BCUT2D eigenvalue weighted by Crippen LogP contribution is -2.30. The van der Waals surface area contributed by atoms with Crippen LogP contribution in [0.2, 0.25) is 0 Å². The number of aromatic nitrogens is 1. The molecular weight excluding hydrogens is 278 g/mol. The van der Waals surface area contributed by atoms with E-state index in [0.29, 0.717) is 24.2 Å². The van der Waals surface area contributed by atoms with Gasteiger partial charge < -0.3 is 9.64 Å². The molecule has 0 saturated carbocycles. The lowest BCUT2D eigenvalue weighted by atomic mass is 10.1. The van der Waals surface area contributed by atoms with Crippen molar-refractivity contribution in [2.75, 3.05) is 13.1 Å². The summed E-state index contributed by atoms with van der Waals surface area (Å²) in [5.74, 6) is 0.748. The van der Waals surface area contributed by atoms with Crippen molar-refractivity contribution >= 4 is 5.91 Å². The predicted octanol–water partition coefficient (Wildman–Crippen LogP) is 2.25. The van der Waals surface area contributed by atoms with E-state index >= 15 is 0 Å². The molecule has 5 nitrogen and oxygen atoms in total. The summed E-state index contributed by atoms with van der Waals surface area (Å²) in [4.78, 5) is 18.2. The molecule has 1 fully saturated rings. The molecule has 3 rings (SSSR count). The van der Waals surface area contributed by atoms with Gasteiger partial charge in [-0.15, -0.1) is 0 Å². The zero-order chi connectivity index (χ0) is 15.4. The second-order valence-corrected chi connectivity index (χ2v) is 5.15. The molecule has 2 aromatic rings. The molecule has 1 aromatic heterocycles. The molecule has 1 aromatic carbocycles. The summed E-state index contributed by atoms with van der Waals surface area (Å²) in [7, 11) is 0. The highest BCUT2D eigenvalue weighted by Gasteiger charge is 2.28. The van der Waals surface area contributed by atoms with E-state index in [1.54, 1.807) is 41.6 Å². The Bertz CT molecular complexity index is 692. The lowest BCUT2D eigenvalue weighted by Gasteiger charge is -2.17. The van der Waals surface area contributed by atoms with Crippen molar-refractivity contribution in [3.05, 3.63) is 59.9 Å². The second-order valence-electron chi connectivity index (χ2n) is 5.15. The number of nitriles is 1. The van der Waals surface area contributed by atoms with E-state index in [1.165, 1.54) is 0 Å². The first-order valence-electron chi connectivity index (χ1n) is 7.12. The first-order chi connectivity index (χ1) is 10.8. The molecule has 1 aliphatic heterocycles. The van der Waals surface area contributed by atoms with Crippen LogP contribution in [0.15, 0.2) is 48.8 Å². The van der Waals surface area contributed by atoms with Crippen LogP contribution in [0.3, 0.4) is 0 Å². The lowest BCUT2D eigenvalue weighted by molar-refractivity contribution is 0.0772. The van der Waals surface area contributed by atoms with E-state index in [0.717, 1.165) is 12.2 Å².